The van der Waals surface area contributed by atoms with Gasteiger partial charge in [0.2, 0.25) is 0 Å². The summed E-state index contributed by atoms with van der Waals surface area (Å²) in [4.78, 5) is 18.7. The number of nitrogens with zero attached hydrogens (tertiary/aromatic N) is 3. The number of fused-ring (bicyclic) bond motifs is 1. The van der Waals surface area contributed by atoms with E-state index in [4.69, 9.17) is 0 Å². The number of hydrogen-bond donors (Lipinski definition) is 1. The van der Waals surface area contributed by atoms with E-state index in [1.54, 1.807) is 4.68 Å². The van der Waals surface area contributed by atoms with Gasteiger partial charge in [-0.2, -0.15) is 5.10 Å². The van der Waals surface area contributed by atoms with Gasteiger partial charge in [0.1, 0.15) is 0 Å². The first-order valence-electron chi connectivity index (χ1n) is 9.40. The molecule has 140 valence electrons. The van der Waals surface area contributed by atoms with Gasteiger partial charge >= 0.3 is 0 Å². The maximum atomic E-state index is 12.9. The molecular weight excluding hydrogens is 356 g/mol. The Morgan fingerprint density at radius 1 is 1.19 bits per heavy atom. The molecule has 1 N–H and O–H groups in total. The second kappa shape index (κ2) is 7.35. The first-order chi connectivity index (χ1) is 13.0. The normalized spacial score (nSPS) is 14.8. The summed E-state index contributed by atoms with van der Waals surface area (Å²) in [5.41, 5.74) is 3.78. The minimum Gasteiger partial charge on any atom is -0.322 e. The molecule has 5 nitrogen and oxygen atoms in total. The Hall–Kier alpha value is -2.34. The topological polar surface area (TPSA) is 59.8 Å². The quantitative estimate of drug-likeness (QED) is 0.701. The Balaban J connectivity index is 1.55. The van der Waals surface area contributed by atoms with Crippen LogP contribution in [0.15, 0.2) is 35.2 Å². The SMILES string of the molecule is Cc1cc(C(=O)Nc2ccc(SC3CCCC3)cc2)c2c(C)nn(C)c2n1. The van der Waals surface area contributed by atoms with Crippen LogP contribution in [-0.2, 0) is 7.05 Å². The van der Waals surface area contributed by atoms with Crippen LogP contribution in [0.1, 0.15) is 47.4 Å². The fourth-order valence-corrected chi connectivity index (χ4v) is 5.01. The molecule has 0 atom stereocenters. The summed E-state index contributed by atoms with van der Waals surface area (Å²) in [6.07, 6.45) is 5.31. The number of rotatable bonds is 4. The molecule has 1 aliphatic carbocycles. The predicted molar refractivity (Wildman–Crippen MR) is 110 cm³/mol. The van der Waals surface area contributed by atoms with Crippen LogP contribution in [0.25, 0.3) is 11.0 Å². The maximum absolute atomic E-state index is 12.9. The van der Waals surface area contributed by atoms with Gasteiger partial charge in [0.15, 0.2) is 5.65 Å². The summed E-state index contributed by atoms with van der Waals surface area (Å²) >= 11 is 1.95. The van der Waals surface area contributed by atoms with Crippen molar-refractivity contribution in [3.05, 3.63) is 47.3 Å². The monoisotopic (exact) mass is 380 g/mol. The molecule has 0 bridgehead atoms. The summed E-state index contributed by atoms with van der Waals surface area (Å²) in [6.45, 7) is 3.80. The van der Waals surface area contributed by atoms with E-state index in [1.165, 1.54) is 30.6 Å². The van der Waals surface area contributed by atoms with Gasteiger partial charge < -0.3 is 5.32 Å². The first-order valence-corrected chi connectivity index (χ1v) is 10.3. The number of carbonyl (C=O) groups is 1. The van der Waals surface area contributed by atoms with Crippen molar-refractivity contribution in [1.82, 2.24) is 14.8 Å². The molecule has 27 heavy (non-hydrogen) atoms. The van der Waals surface area contributed by atoms with Crippen molar-refractivity contribution in [3.63, 3.8) is 0 Å². The van der Waals surface area contributed by atoms with Gasteiger partial charge in [-0.05, 0) is 57.0 Å². The molecule has 0 aliphatic heterocycles. The molecule has 3 aromatic rings. The standard InChI is InChI=1S/C21H24N4OS/c1-13-12-18(19-14(2)24-25(3)20(19)22-13)21(26)23-15-8-10-17(11-9-15)27-16-6-4-5-7-16/h8-12,16H,4-7H2,1-3H3,(H,23,26). The highest BCUT2D eigenvalue weighted by molar-refractivity contribution is 8.00. The summed E-state index contributed by atoms with van der Waals surface area (Å²) in [6, 6.07) is 9.99. The molecule has 0 spiro atoms. The number of amides is 1. The van der Waals surface area contributed by atoms with E-state index < -0.39 is 0 Å². The average Bonchev–Trinajstić information content (AvgIpc) is 3.24. The minimum absolute atomic E-state index is 0.127. The Morgan fingerprint density at radius 2 is 1.89 bits per heavy atom. The minimum atomic E-state index is -0.127. The Labute approximate surface area is 163 Å². The molecule has 1 amide bonds. The molecule has 0 saturated heterocycles. The van der Waals surface area contributed by atoms with E-state index in [0.717, 1.165) is 33.4 Å². The largest absolute Gasteiger partial charge is 0.322 e. The van der Waals surface area contributed by atoms with Gasteiger partial charge in [-0.25, -0.2) is 4.98 Å². The smallest absolute Gasteiger partial charge is 0.256 e. The number of nitrogens with one attached hydrogen (secondary N) is 1. The fourth-order valence-electron chi connectivity index (χ4n) is 3.76. The number of carbonyl (C=O) groups excluding carboxylic acids is 1. The molecule has 6 heteroatoms. The molecule has 2 heterocycles. The lowest BCUT2D eigenvalue weighted by Crippen LogP contribution is -2.13. The van der Waals surface area contributed by atoms with Crippen molar-refractivity contribution in [2.45, 2.75) is 49.7 Å². The van der Waals surface area contributed by atoms with E-state index in [1.807, 2.05) is 50.9 Å². The van der Waals surface area contributed by atoms with Crippen molar-refractivity contribution in [3.8, 4) is 0 Å². The lowest BCUT2D eigenvalue weighted by atomic mass is 10.1. The second-order valence-corrected chi connectivity index (χ2v) is 8.60. The molecule has 0 radical (unpaired) electrons. The summed E-state index contributed by atoms with van der Waals surface area (Å²) in [5.74, 6) is -0.127. The highest BCUT2D eigenvalue weighted by atomic mass is 32.2. The van der Waals surface area contributed by atoms with Crippen molar-refractivity contribution in [2.24, 2.45) is 7.05 Å². The average molecular weight is 381 g/mol. The number of hydrogen-bond acceptors (Lipinski definition) is 4. The van der Waals surface area contributed by atoms with Crippen molar-refractivity contribution < 1.29 is 4.79 Å². The Bertz CT molecular complexity index is 988. The van der Waals surface area contributed by atoms with Crippen LogP contribution in [-0.4, -0.2) is 25.9 Å². The van der Waals surface area contributed by atoms with Crippen molar-refractivity contribution in [1.29, 1.82) is 0 Å². The van der Waals surface area contributed by atoms with Crippen LogP contribution in [0, 0.1) is 13.8 Å². The third kappa shape index (κ3) is 3.72. The lowest BCUT2D eigenvalue weighted by molar-refractivity contribution is 0.102. The fraction of sp³-hybridized carbons (Fsp3) is 0.381. The molecule has 4 rings (SSSR count). The number of benzene rings is 1. The van der Waals surface area contributed by atoms with Crippen LogP contribution in [0.2, 0.25) is 0 Å². The van der Waals surface area contributed by atoms with Gasteiger partial charge in [-0.1, -0.05) is 12.8 Å². The van der Waals surface area contributed by atoms with Crippen LogP contribution >= 0.6 is 11.8 Å². The summed E-state index contributed by atoms with van der Waals surface area (Å²) < 4.78 is 1.73. The van der Waals surface area contributed by atoms with Gasteiger partial charge in [0, 0.05) is 28.6 Å². The molecular formula is C21H24N4OS. The molecule has 1 saturated carbocycles. The van der Waals surface area contributed by atoms with Gasteiger partial charge in [-0.15, -0.1) is 11.8 Å². The number of aromatic nitrogens is 3. The number of aryl methyl sites for hydroxylation is 3. The highest BCUT2D eigenvalue weighted by Crippen LogP contribution is 2.35. The molecule has 1 aliphatic rings. The zero-order chi connectivity index (χ0) is 19.0. The van der Waals surface area contributed by atoms with E-state index in [9.17, 15) is 4.79 Å². The zero-order valence-electron chi connectivity index (χ0n) is 16.0. The Morgan fingerprint density at radius 3 is 2.59 bits per heavy atom. The van der Waals surface area contributed by atoms with E-state index in [-0.39, 0.29) is 5.91 Å². The third-order valence-electron chi connectivity index (χ3n) is 5.06. The molecule has 1 fully saturated rings. The van der Waals surface area contributed by atoms with Gasteiger partial charge in [-0.3, -0.25) is 9.48 Å². The molecule has 0 unspecified atom stereocenters. The summed E-state index contributed by atoms with van der Waals surface area (Å²) in [5, 5.41) is 8.99. The lowest BCUT2D eigenvalue weighted by Gasteiger charge is -2.11. The summed E-state index contributed by atoms with van der Waals surface area (Å²) in [7, 11) is 1.85. The van der Waals surface area contributed by atoms with E-state index >= 15 is 0 Å². The highest BCUT2D eigenvalue weighted by Gasteiger charge is 2.18. The number of thioether (sulfide) groups is 1. The van der Waals surface area contributed by atoms with Crippen LogP contribution < -0.4 is 5.32 Å². The maximum Gasteiger partial charge on any atom is 0.256 e. The second-order valence-electron chi connectivity index (χ2n) is 7.22. The van der Waals surface area contributed by atoms with Crippen molar-refractivity contribution in [2.75, 3.05) is 5.32 Å². The zero-order valence-corrected chi connectivity index (χ0v) is 16.8. The number of pyridine rings is 1. The van der Waals surface area contributed by atoms with E-state index in [0.29, 0.717) is 5.56 Å². The van der Waals surface area contributed by atoms with Crippen LogP contribution in [0.3, 0.4) is 0 Å². The van der Waals surface area contributed by atoms with E-state index in [2.05, 4.69) is 27.5 Å². The number of anilines is 1. The molecule has 1 aromatic carbocycles. The van der Waals surface area contributed by atoms with Crippen LogP contribution in [0.5, 0.6) is 0 Å². The predicted octanol–water partition coefficient (Wildman–Crippen LogP) is 4.87. The van der Waals surface area contributed by atoms with Crippen LogP contribution in [0.4, 0.5) is 5.69 Å². The van der Waals surface area contributed by atoms with Gasteiger partial charge in [0.25, 0.3) is 5.91 Å². The first kappa shape index (κ1) is 18.0. The third-order valence-corrected chi connectivity index (χ3v) is 6.41. The molecule has 2 aromatic heterocycles. The van der Waals surface area contributed by atoms with Gasteiger partial charge in [0.05, 0.1) is 16.6 Å². The van der Waals surface area contributed by atoms with Crippen molar-refractivity contribution >= 4 is 34.4 Å². The Kier molecular flexibility index (Phi) is 4.91.